The van der Waals surface area contributed by atoms with Crippen LogP contribution in [0.25, 0.3) is 0 Å². The fraction of sp³-hybridized carbons (Fsp3) is 0.471. The van der Waals surface area contributed by atoms with Crippen molar-refractivity contribution in [1.29, 1.82) is 0 Å². The monoisotopic (exact) mass is 306 g/mol. The van der Waals surface area contributed by atoms with Gasteiger partial charge in [0, 0.05) is 13.0 Å². The second kappa shape index (κ2) is 6.63. The lowest BCUT2D eigenvalue weighted by atomic mass is 10.00. The van der Waals surface area contributed by atoms with Gasteiger partial charge < -0.3 is 5.11 Å². The molecule has 0 fully saturated rings. The fourth-order valence-electron chi connectivity index (χ4n) is 2.56. The molecular weight excluding hydrogens is 284 g/mol. The zero-order valence-electron chi connectivity index (χ0n) is 13.2. The van der Waals surface area contributed by atoms with Crippen LogP contribution in [0.1, 0.15) is 35.0 Å². The first-order valence-electron chi connectivity index (χ1n) is 7.38. The zero-order chi connectivity index (χ0) is 15.6. The predicted octanol–water partition coefficient (Wildman–Crippen LogP) is 3.63. The van der Waals surface area contributed by atoms with Gasteiger partial charge in [-0.1, -0.05) is 29.8 Å². The number of aromatic nitrogens is 2. The van der Waals surface area contributed by atoms with Crippen molar-refractivity contribution in [3.05, 3.63) is 51.3 Å². The molecule has 3 nitrogen and oxygen atoms in total. The molecule has 1 heterocycles. The van der Waals surface area contributed by atoms with Gasteiger partial charge in [-0.15, -0.1) is 0 Å². The summed E-state index contributed by atoms with van der Waals surface area (Å²) < 4.78 is 1.88. The number of hydrogen-bond acceptors (Lipinski definition) is 2. The van der Waals surface area contributed by atoms with Crippen molar-refractivity contribution in [2.45, 2.75) is 53.2 Å². The zero-order valence-corrected chi connectivity index (χ0v) is 13.9. The fourth-order valence-corrected chi connectivity index (χ4v) is 2.77. The van der Waals surface area contributed by atoms with Crippen LogP contribution in [0.5, 0.6) is 0 Å². The maximum Gasteiger partial charge on any atom is 0.0848 e. The minimum absolute atomic E-state index is 0.453. The van der Waals surface area contributed by atoms with E-state index in [-0.39, 0.29) is 0 Å². The van der Waals surface area contributed by atoms with Crippen LogP contribution in [0.15, 0.2) is 18.2 Å². The van der Waals surface area contributed by atoms with Crippen LogP contribution >= 0.6 is 11.6 Å². The van der Waals surface area contributed by atoms with Crippen LogP contribution in [0.4, 0.5) is 0 Å². The number of aliphatic hydroxyl groups is 1. The van der Waals surface area contributed by atoms with Crippen molar-refractivity contribution in [2.75, 3.05) is 0 Å². The van der Waals surface area contributed by atoms with Gasteiger partial charge >= 0.3 is 0 Å². The first kappa shape index (κ1) is 16.1. The van der Waals surface area contributed by atoms with Crippen LogP contribution in [0.2, 0.25) is 5.02 Å². The first-order valence-corrected chi connectivity index (χ1v) is 7.76. The summed E-state index contributed by atoms with van der Waals surface area (Å²) in [5.74, 6) is 0. The van der Waals surface area contributed by atoms with E-state index in [0.29, 0.717) is 17.9 Å². The van der Waals surface area contributed by atoms with Crippen molar-refractivity contribution in [3.8, 4) is 0 Å². The van der Waals surface area contributed by atoms with Crippen molar-refractivity contribution >= 4 is 11.6 Å². The molecule has 0 aliphatic carbocycles. The average molecular weight is 307 g/mol. The Morgan fingerprint density at radius 2 is 1.90 bits per heavy atom. The lowest BCUT2D eigenvalue weighted by molar-refractivity contribution is 0.172. The van der Waals surface area contributed by atoms with Gasteiger partial charge in [0.25, 0.3) is 0 Å². The van der Waals surface area contributed by atoms with Gasteiger partial charge in [-0.05, 0) is 50.8 Å². The third-order valence-electron chi connectivity index (χ3n) is 3.92. The Bertz CT molecular complexity index is 634. The van der Waals surface area contributed by atoms with E-state index in [4.69, 9.17) is 11.6 Å². The van der Waals surface area contributed by atoms with Crippen LogP contribution in [0.3, 0.4) is 0 Å². The number of aryl methyl sites for hydroxylation is 4. The summed E-state index contributed by atoms with van der Waals surface area (Å²) in [6, 6.07) is 6.32. The van der Waals surface area contributed by atoms with E-state index < -0.39 is 6.10 Å². The minimum atomic E-state index is -0.453. The van der Waals surface area contributed by atoms with Crippen molar-refractivity contribution in [1.82, 2.24) is 9.78 Å². The first-order chi connectivity index (χ1) is 9.92. The molecule has 4 heteroatoms. The Balaban J connectivity index is 2.11. The van der Waals surface area contributed by atoms with E-state index in [1.165, 1.54) is 11.1 Å². The molecule has 1 aromatic heterocycles. The molecule has 0 aliphatic rings. The summed E-state index contributed by atoms with van der Waals surface area (Å²) in [5.41, 5.74) is 5.43. The Morgan fingerprint density at radius 1 is 1.19 bits per heavy atom. The predicted molar refractivity (Wildman–Crippen MR) is 87.0 cm³/mol. The molecule has 1 unspecified atom stereocenters. The van der Waals surface area contributed by atoms with Gasteiger partial charge in [-0.25, -0.2) is 0 Å². The number of benzene rings is 1. The van der Waals surface area contributed by atoms with Crippen molar-refractivity contribution < 1.29 is 5.11 Å². The molecule has 0 amide bonds. The molecule has 2 aromatic rings. The van der Waals surface area contributed by atoms with Crippen molar-refractivity contribution in [3.63, 3.8) is 0 Å². The summed E-state index contributed by atoms with van der Waals surface area (Å²) >= 11 is 6.29. The average Bonchev–Trinajstić information content (AvgIpc) is 2.70. The summed E-state index contributed by atoms with van der Waals surface area (Å²) in [5, 5.41) is 15.4. The van der Waals surface area contributed by atoms with Crippen LogP contribution in [-0.2, 0) is 19.4 Å². The lowest BCUT2D eigenvalue weighted by Crippen LogP contribution is -2.17. The molecule has 0 spiro atoms. The summed E-state index contributed by atoms with van der Waals surface area (Å²) in [7, 11) is 0. The van der Waals surface area contributed by atoms with E-state index in [9.17, 15) is 5.11 Å². The van der Waals surface area contributed by atoms with Gasteiger partial charge in [0.05, 0.1) is 22.5 Å². The van der Waals surface area contributed by atoms with E-state index in [1.54, 1.807) is 0 Å². The second-order valence-corrected chi connectivity index (χ2v) is 6.02. The summed E-state index contributed by atoms with van der Waals surface area (Å²) in [4.78, 5) is 0. The minimum Gasteiger partial charge on any atom is -0.392 e. The van der Waals surface area contributed by atoms with E-state index >= 15 is 0 Å². The molecular formula is C17H23ClN2O. The molecule has 21 heavy (non-hydrogen) atoms. The van der Waals surface area contributed by atoms with E-state index in [0.717, 1.165) is 23.5 Å². The van der Waals surface area contributed by atoms with E-state index in [2.05, 4.69) is 37.1 Å². The highest BCUT2D eigenvalue weighted by molar-refractivity contribution is 6.31. The molecule has 1 N–H and O–H groups in total. The molecule has 0 saturated heterocycles. The molecule has 0 radical (unpaired) electrons. The quantitative estimate of drug-likeness (QED) is 0.916. The number of rotatable bonds is 5. The van der Waals surface area contributed by atoms with Gasteiger partial charge in [-0.3, -0.25) is 4.68 Å². The van der Waals surface area contributed by atoms with Gasteiger partial charge in [-0.2, -0.15) is 5.10 Å². The molecule has 0 bridgehead atoms. The van der Waals surface area contributed by atoms with Gasteiger partial charge in [0.15, 0.2) is 0 Å². The maximum atomic E-state index is 10.4. The SMILES string of the molecule is CCn1nc(C)c(Cl)c1CC(O)Cc1ccc(C)c(C)c1. The smallest absolute Gasteiger partial charge is 0.0848 e. The van der Waals surface area contributed by atoms with Crippen LogP contribution in [-0.4, -0.2) is 21.0 Å². The number of nitrogens with zero attached hydrogens (tertiary/aromatic N) is 2. The summed E-state index contributed by atoms with van der Waals surface area (Å²) in [6.07, 6.45) is 0.706. The molecule has 2 rings (SSSR count). The number of halogens is 1. The molecule has 1 aromatic carbocycles. The standard InChI is InChI=1S/C17H23ClN2O/c1-5-20-16(17(18)13(4)19-20)10-15(21)9-14-7-6-11(2)12(3)8-14/h6-8,15,21H,5,9-10H2,1-4H3. The third-order valence-corrected chi connectivity index (χ3v) is 4.42. The molecule has 114 valence electrons. The molecule has 1 atom stereocenters. The molecule has 0 saturated carbocycles. The Labute approximate surface area is 131 Å². The summed E-state index contributed by atoms with van der Waals surface area (Å²) in [6.45, 7) is 8.88. The highest BCUT2D eigenvalue weighted by Crippen LogP contribution is 2.22. The highest BCUT2D eigenvalue weighted by atomic mass is 35.5. The third kappa shape index (κ3) is 3.66. The largest absolute Gasteiger partial charge is 0.392 e. The number of aliphatic hydroxyl groups excluding tert-OH is 1. The maximum absolute atomic E-state index is 10.4. The van der Waals surface area contributed by atoms with Crippen molar-refractivity contribution in [2.24, 2.45) is 0 Å². The Hall–Kier alpha value is -1.32. The van der Waals surface area contributed by atoms with Gasteiger partial charge in [0.2, 0.25) is 0 Å². The Kier molecular flexibility index (Phi) is 5.07. The molecule has 0 aliphatic heterocycles. The topological polar surface area (TPSA) is 38.0 Å². The van der Waals surface area contributed by atoms with Gasteiger partial charge in [0.1, 0.15) is 0 Å². The highest BCUT2D eigenvalue weighted by Gasteiger charge is 2.16. The normalized spacial score (nSPS) is 12.7. The Morgan fingerprint density at radius 3 is 2.52 bits per heavy atom. The number of hydrogen-bond donors (Lipinski definition) is 1. The lowest BCUT2D eigenvalue weighted by Gasteiger charge is -2.13. The van der Waals surface area contributed by atoms with Crippen LogP contribution < -0.4 is 0 Å². The van der Waals surface area contributed by atoms with Crippen LogP contribution in [0, 0.1) is 20.8 Å². The second-order valence-electron chi connectivity index (χ2n) is 5.64. The van der Waals surface area contributed by atoms with E-state index in [1.807, 2.05) is 18.5 Å².